The lowest BCUT2D eigenvalue weighted by Gasteiger charge is -2.29. The summed E-state index contributed by atoms with van der Waals surface area (Å²) in [5, 5.41) is 8.20. The van der Waals surface area contributed by atoms with Crippen LogP contribution >= 0.6 is 11.6 Å². The molecule has 2 heterocycles. The van der Waals surface area contributed by atoms with Gasteiger partial charge in [0.1, 0.15) is 19.0 Å². The summed E-state index contributed by atoms with van der Waals surface area (Å²) in [5.74, 6) is 1.10. The number of aromatic nitrogens is 3. The number of carbonyl (C=O) groups is 1. The third-order valence-electron chi connectivity index (χ3n) is 5.88. The average Bonchev–Trinajstić information content (AvgIpc) is 3.40. The third-order valence-corrected chi connectivity index (χ3v) is 6.13. The number of methoxy groups -OCH3 is 2. The average molecular weight is 503 g/mol. The fraction of sp³-hybridized carbons (Fsp3) is 0.148. The van der Waals surface area contributed by atoms with E-state index in [0.29, 0.717) is 40.3 Å². The Morgan fingerprint density at radius 1 is 1.03 bits per heavy atom. The van der Waals surface area contributed by atoms with Crippen LogP contribution in [-0.4, -0.2) is 35.0 Å². The normalized spacial score (nSPS) is 14.6. The number of nitrogens with zero attached hydrogens (tertiary/aromatic N) is 3. The predicted molar refractivity (Wildman–Crippen MR) is 136 cm³/mol. The van der Waals surface area contributed by atoms with E-state index in [9.17, 15) is 4.79 Å². The summed E-state index contributed by atoms with van der Waals surface area (Å²) in [6, 6.07) is 22.0. The van der Waals surface area contributed by atoms with Gasteiger partial charge in [-0.3, -0.25) is 0 Å². The van der Waals surface area contributed by atoms with Crippen LogP contribution in [0, 0.1) is 0 Å². The third kappa shape index (κ3) is 4.50. The monoisotopic (exact) mass is 502 g/mol. The van der Waals surface area contributed by atoms with Crippen LogP contribution in [0.15, 0.2) is 84.7 Å². The lowest BCUT2D eigenvalue weighted by atomic mass is 9.92. The van der Waals surface area contributed by atoms with Crippen LogP contribution in [0.3, 0.4) is 0 Å². The summed E-state index contributed by atoms with van der Waals surface area (Å²) < 4.78 is 18.5. The molecule has 3 aromatic carbocycles. The number of halogens is 1. The van der Waals surface area contributed by atoms with Crippen molar-refractivity contribution in [2.24, 2.45) is 0 Å². The van der Waals surface area contributed by atoms with Crippen molar-refractivity contribution in [1.29, 1.82) is 0 Å². The van der Waals surface area contributed by atoms with Crippen LogP contribution in [0.4, 0.5) is 5.95 Å². The van der Waals surface area contributed by atoms with Gasteiger partial charge in [-0.25, -0.2) is 9.48 Å². The van der Waals surface area contributed by atoms with E-state index in [1.807, 2.05) is 60.7 Å². The Hall–Kier alpha value is -4.30. The Labute approximate surface area is 213 Å². The molecular formula is C27H23ClN4O4. The molecule has 1 aliphatic heterocycles. The van der Waals surface area contributed by atoms with Crippen LogP contribution in [0.2, 0.25) is 5.02 Å². The number of anilines is 1. The summed E-state index contributed by atoms with van der Waals surface area (Å²) in [7, 11) is 2.93. The molecule has 0 saturated heterocycles. The minimum absolute atomic E-state index is 0.373. The topological polar surface area (TPSA) is 87.5 Å². The smallest absolute Gasteiger partial charge is 0.338 e. The lowest BCUT2D eigenvalue weighted by molar-refractivity contribution is -0.136. The second-order valence-electron chi connectivity index (χ2n) is 8.03. The molecule has 0 saturated carbocycles. The van der Waals surface area contributed by atoms with Crippen LogP contribution < -0.4 is 14.8 Å². The van der Waals surface area contributed by atoms with E-state index in [4.69, 9.17) is 25.8 Å². The molecule has 1 atom stereocenters. The SMILES string of the molecule is COC(=O)C1=C(c2ccc(Cl)cc2)Nc2ncnn2[C@@H]1c1ccc(OCc2ccccc2)c(OC)c1. The molecule has 1 aliphatic rings. The van der Waals surface area contributed by atoms with Crippen LogP contribution in [0.25, 0.3) is 5.70 Å². The molecule has 0 spiro atoms. The largest absolute Gasteiger partial charge is 0.493 e. The Kier molecular flexibility index (Phi) is 6.60. The highest BCUT2D eigenvalue weighted by molar-refractivity contribution is 6.30. The highest BCUT2D eigenvalue weighted by Gasteiger charge is 2.36. The number of benzene rings is 3. The second-order valence-corrected chi connectivity index (χ2v) is 8.46. The molecule has 0 fully saturated rings. The van der Waals surface area contributed by atoms with Gasteiger partial charge < -0.3 is 19.5 Å². The summed E-state index contributed by atoms with van der Waals surface area (Å²) in [5.41, 5.74) is 3.48. The van der Waals surface area contributed by atoms with Gasteiger partial charge in [0.15, 0.2) is 11.5 Å². The zero-order valence-electron chi connectivity index (χ0n) is 19.6. The van der Waals surface area contributed by atoms with Gasteiger partial charge in [-0.05, 0) is 41.0 Å². The number of carbonyl (C=O) groups excluding carboxylic acids is 1. The van der Waals surface area contributed by atoms with E-state index in [1.165, 1.54) is 13.4 Å². The first-order valence-corrected chi connectivity index (χ1v) is 11.6. The quantitative estimate of drug-likeness (QED) is 0.351. The number of esters is 1. The molecule has 8 nitrogen and oxygen atoms in total. The van der Waals surface area contributed by atoms with E-state index in [-0.39, 0.29) is 0 Å². The number of fused-ring (bicyclic) bond motifs is 1. The Morgan fingerprint density at radius 3 is 2.53 bits per heavy atom. The van der Waals surface area contributed by atoms with Crippen molar-refractivity contribution in [2.75, 3.05) is 19.5 Å². The maximum absolute atomic E-state index is 13.2. The molecule has 4 aromatic rings. The van der Waals surface area contributed by atoms with E-state index in [2.05, 4.69) is 15.4 Å². The zero-order valence-corrected chi connectivity index (χ0v) is 20.4. The highest BCUT2D eigenvalue weighted by atomic mass is 35.5. The van der Waals surface area contributed by atoms with E-state index >= 15 is 0 Å². The molecule has 0 aliphatic carbocycles. The Bertz CT molecular complexity index is 1420. The van der Waals surface area contributed by atoms with Crippen molar-refractivity contribution in [3.8, 4) is 11.5 Å². The van der Waals surface area contributed by atoms with Gasteiger partial charge in [0.25, 0.3) is 0 Å². The highest BCUT2D eigenvalue weighted by Crippen LogP contribution is 2.41. The zero-order chi connectivity index (χ0) is 25.1. The fourth-order valence-corrected chi connectivity index (χ4v) is 4.28. The van der Waals surface area contributed by atoms with Gasteiger partial charge in [0.2, 0.25) is 5.95 Å². The number of rotatable bonds is 7. The summed E-state index contributed by atoms with van der Waals surface area (Å²) in [6.45, 7) is 0.394. The first-order chi connectivity index (χ1) is 17.6. The molecule has 1 aromatic heterocycles. The maximum Gasteiger partial charge on any atom is 0.338 e. The lowest BCUT2D eigenvalue weighted by Crippen LogP contribution is -2.29. The van der Waals surface area contributed by atoms with Gasteiger partial charge in [-0.15, -0.1) is 0 Å². The van der Waals surface area contributed by atoms with Crippen molar-refractivity contribution in [2.45, 2.75) is 12.6 Å². The van der Waals surface area contributed by atoms with Crippen LogP contribution in [0.5, 0.6) is 11.5 Å². The van der Waals surface area contributed by atoms with Gasteiger partial charge in [0.05, 0.1) is 25.5 Å². The minimum atomic E-state index is -0.626. The van der Waals surface area contributed by atoms with Crippen LogP contribution in [0.1, 0.15) is 22.7 Å². The summed E-state index contributed by atoms with van der Waals surface area (Å²) >= 11 is 6.10. The van der Waals surface area contributed by atoms with Crippen molar-refractivity contribution in [3.05, 3.63) is 106 Å². The molecule has 1 N–H and O–H groups in total. The van der Waals surface area contributed by atoms with Gasteiger partial charge in [-0.2, -0.15) is 10.1 Å². The van der Waals surface area contributed by atoms with Crippen molar-refractivity contribution >= 4 is 29.2 Å². The Morgan fingerprint density at radius 2 is 1.81 bits per heavy atom. The first kappa shape index (κ1) is 23.4. The van der Waals surface area contributed by atoms with Gasteiger partial charge >= 0.3 is 5.97 Å². The fourth-order valence-electron chi connectivity index (χ4n) is 4.15. The number of hydrogen-bond acceptors (Lipinski definition) is 7. The minimum Gasteiger partial charge on any atom is -0.493 e. The van der Waals surface area contributed by atoms with Crippen molar-refractivity contribution < 1.29 is 19.0 Å². The summed E-state index contributed by atoms with van der Waals surface area (Å²) in [4.78, 5) is 17.5. The molecule has 0 unspecified atom stereocenters. The van der Waals surface area contributed by atoms with Gasteiger partial charge in [-0.1, -0.05) is 60.1 Å². The predicted octanol–water partition coefficient (Wildman–Crippen LogP) is 5.12. The summed E-state index contributed by atoms with van der Waals surface area (Å²) in [6.07, 6.45) is 1.43. The van der Waals surface area contributed by atoms with Crippen LogP contribution in [-0.2, 0) is 16.1 Å². The molecular weight excluding hydrogens is 480 g/mol. The van der Waals surface area contributed by atoms with E-state index in [0.717, 1.165) is 16.7 Å². The molecule has 0 radical (unpaired) electrons. The molecule has 5 rings (SSSR count). The second kappa shape index (κ2) is 10.1. The molecule has 0 bridgehead atoms. The van der Waals surface area contributed by atoms with E-state index in [1.54, 1.807) is 23.9 Å². The number of ether oxygens (including phenoxy) is 3. The van der Waals surface area contributed by atoms with Gasteiger partial charge in [0, 0.05) is 5.02 Å². The molecule has 36 heavy (non-hydrogen) atoms. The molecule has 9 heteroatoms. The standard InChI is InChI=1S/C27H23ClN4O4/c1-34-22-14-19(10-13-21(22)36-15-17-6-4-3-5-7-17)25-23(26(33)35-2)24(18-8-11-20(28)12-9-18)31-27-29-16-30-32(25)27/h3-14,16,25H,15H2,1-2H3,(H,29,30,31)/t25-/m1/s1. The number of hydrogen-bond donors (Lipinski definition) is 1. The maximum atomic E-state index is 13.2. The van der Waals surface area contributed by atoms with E-state index < -0.39 is 12.0 Å². The molecule has 182 valence electrons. The van der Waals surface area contributed by atoms with Crippen molar-refractivity contribution in [3.63, 3.8) is 0 Å². The first-order valence-electron chi connectivity index (χ1n) is 11.2. The number of nitrogens with one attached hydrogen (secondary N) is 1. The Balaban J connectivity index is 1.59. The van der Waals surface area contributed by atoms with Crippen molar-refractivity contribution in [1.82, 2.24) is 14.8 Å². The molecule has 0 amide bonds.